The molecule has 6 heteroatoms. The number of methoxy groups -OCH3 is 1. The van der Waals surface area contributed by atoms with Crippen LogP contribution in [0.25, 0.3) is 0 Å². The number of alkyl halides is 3. The molecule has 19 heavy (non-hydrogen) atoms. The van der Waals surface area contributed by atoms with Gasteiger partial charge in [0.25, 0.3) is 0 Å². The normalized spacial score (nSPS) is 15.1. The fourth-order valence-corrected chi connectivity index (χ4v) is 1.87. The molecule has 0 amide bonds. The Morgan fingerprint density at radius 3 is 2.42 bits per heavy atom. The van der Waals surface area contributed by atoms with E-state index in [1.807, 2.05) is 0 Å². The van der Waals surface area contributed by atoms with Crippen molar-refractivity contribution in [1.82, 2.24) is 5.32 Å². The smallest absolute Gasteiger partial charge is 0.390 e. The third-order valence-corrected chi connectivity index (χ3v) is 2.75. The molecular weight excluding hydrogens is 262 g/mol. The van der Waals surface area contributed by atoms with Gasteiger partial charge in [-0.05, 0) is 31.5 Å². The fourth-order valence-electron chi connectivity index (χ4n) is 1.87. The molecule has 1 N–H and O–H groups in total. The highest BCUT2D eigenvalue weighted by Gasteiger charge is 2.30. The minimum Gasteiger partial charge on any atom is -0.494 e. The summed E-state index contributed by atoms with van der Waals surface area (Å²) in [5, 5.41) is 2.83. The summed E-state index contributed by atoms with van der Waals surface area (Å²) in [6.07, 6.45) is -5.11. The van der Waals surface area contributed by atoms with Gasteiger partial charge in [-0.3, -0.25) is 0 Å². The van der Waals surface area contributed by atoms with E-state index in [1.54, 1.807) is 6.92 Å². The van der Waals surface area contributed by atoms with Gasteiger partial charge in [0.15, 0.2) is 11.6 Å². The Balaban J connectivity index is 2.70. The number of rotatable bonds is 5. The van der Waals surface area contributed by atoms with Gasteiger partial charge >= 0.3 is 6.18 Å². The molecule has 108 valence electrons. The summed E-state index contributed by atoms with van der Waals surface area (Å²) >= 11 is 0. The molecule has 0 heterocycles. The Kier molecular flexibility index (Phi) is 5.17. The SMILES string of the molecule is COc1cc(C(C)NC(C)CC(F)(F)F)ccc1F. The topological polar surface area (TPSA) is 21.3 Å². The second kappa shape index (κ2) is 6.23. The highest BCUT2D eigenvalue weighted by Crippen LogP contribution is 2.25. The van der Waals surface area contributed by atoms with Crippen molar-refractivity contribution in [3.63, 3.8) is 0 Å². The minimum atomic E-state index is -4.20. The van der Waals surface area contributed by atoms with Crippen molar-refractivity contribution in [3.05, 3.63) is 29.6 Å². The van der Waals surface area contributed by atoms with Crippen LogP contribution in [0.15, 0.2) is 18.2 Å². The van der Waals surface area contributed by atoms with Crippen molar-refractivity contribution < 1.29 is 22.3 Å². The molecule has 2 nitrogen and oxygen atoms in total. The Hall–Kier alpha value is -1.30. The van der Waals surface area contributed by atoms with Crippen LogP contribution in [0.3, 0.4) is 0 Å². The van der Waals surface area contributed by atoms with Crippen molar-refractivity contribution in [2.45, 2.75) is 38.5 Å². The first-order chi connectivity index (χ1) is 8.73. The standard InChI is InChI=1S/C13H17F4NO/c1-8(7-13(15,16)17)18-9(2)10-4-5-11(14)12(6-10)19-3/h4-6,8-9,18H,7H2,1-3H3. The molecule has 1 rings (SSSR count). The highest BCUT2D eigenvalue weighted by molar-refractivity contribution is 5.31. The number of nitrogens with one attached hydrogen (secondary N) is 1. The van der Waals surface area contributed by atoms with Gasteiger partial charge in [0.1, 0.15) is 0 Å². The number of hydrogen-bond acceptors (Lipinski definition) is 2. The lowest BCUT2D eigenvalue weighted by molar-refractivity contribution is -0.139. The van der Waals surface area contributed by atoms with E-state index in [0.717, 1.165) is 0 Å². The number of hydrogen-bond donors (Lipinski definition) is 1. The largest absolute Gasteiger partial charge is 0.494 e. The van der Waals surface area contributed by atoms with Crippen molar-refractivity contribution in [1.29, 1.82) is 0 Å². The van der Waals surface area contributed by atoms with Crippen LogP contribution in [0.5, 0.6) is 5.75 Å². The number of ether oxygens (including phenoxy) is 1. The number of benzene rings is 1. The van der Waals surface area contributed by atoms with Gasteiger partial charge in [0.2, 0.25) is 0 Å². The molecule has 0 aliphatic carbocycles. The third-order valence-electron chi connectivity index (χ3n) is 2.75. The lowest BCUT2D eigenvalue weighted by Crippen LogP contribution is -2.33. The molecular formula is C13H17F4NO. The second-order valence-corrected chi connectivity index (χ2v) is 4.50. The molecule has 0 radical (unpaired) electrons. The van der Waals surface area contributed by atoms with Gasteiger partial charge in [0.05, 0.1) is 13.5 Å². The molecule has 0 fully saturated rings. The third kappa shape index (κ3) is 5.06. The van der Waals surface area contributed by atoms with Crippen LogP contribution in [-0.2, 0) is 0 Å². The predicted molar refractivity (Wildman–Crippen MR) is 64.6 cm³/mol. The fraction of sp³-hybridized carbons (Fsp3) is 0.538. The Morgan fingerprint density at radius 2 is 1.89 bits per heavy atom. The molecule has 2 unspecified atom stereocenters. The van der Waals surface area contributed by atoms with Crippen LogP contribution < -0.4 is 10.1 Å². The molecule has 2 atom stereocenters. The van der Waals surface area contributed by atoms with Crippen molar-refractivity contribution in [2.24, 2.45) is 0 Å². The monoisotopic (exact) mass is 279 g/mol. The Bertz CT molecular complexity index is 420. The van der Waals surface area contributed by atoms with Crippen molar-refractivity contribution in [3.8, 4) is 5.75 Å². The molecule has 0 saturated carbocycles. The van der Waals surface area contributed by atoms with E-state index in [1.165, 1.54) is 32.2 Å². The zero-order valence-electron chi connectivity index (χ0n) is 11.0. The van der Waals surface area contributed by atoms with E-state index in [-0.39, 0.29) is 11.8 Å². The molecule has 0 aliphatic rings. The molecule has 1 aromatic rings. The van der Waals surface area contributed by atoms with Crippen LogP contribution in [0.1, 0.15) is 31.9 Å². The summed E-state index contributed by atoms with van der Waals surface area (Å²) in [6.45, 7) is 3.18. The lowest BCUT2D eigenvalue weighted by Gasteiger charge is -2.21. The van der Waals surface area contributed by atoms with Gasteiger partial charge < -0.3 is 10.1 Å². The zero-order chi connectivity index (χ0) is 14.6. The van der Waals surface area contributed by atoms with Crippen LogP contribution >= 0.6 is 0 Å². The summed E-state index contributed by atoms with van der Waals surface area (Å²) < 4.78 is 54.7. The highest BCUT2D eigenvalue weighted by atomic mass is 19.4. The van der Waals surface area contributed by atoms with E-state index in [2.05, 4.69) is 5.32 Å². The summed E-state index contributed by atoms with van der Waals surface area (Å²) in [5.74, 6) is -0.420. The summed E-state index contributed by atoms with van der Waals surface area (Å²) in [4.78, 5) is 0. The van der Waals surface area contributed by atoms with E-state index in [9.17, 15) is 17.6 Å². The molecule has 0 spiro atoms. The second-order valence-electron chi connectivity index (χ2n) is 4.50. The first kappa shape index (κ1) is 15.8. The van der Waals surface area contributed by atoms with Crippen LogP contribution in [-0.4, -0.2) is 19.3 Å². The molecule has 0 saturated heterocycles. The Labute approximate surface area is 109 Å². The van der Waals surface area contributed by atoms with Crippen LogP contribution in [0.2, 0.25) is 0 Å². The number of halogens is 4. The lowest BCUT2D eigenvalue weighted by atomic mass is 10.1. The van der Waals surface area contributed by atoms with E-state index < -0.39 is 24.5 Å². The summed E-state index contributed by atoms with van der Waals surface area (Å²) in [6, 6.07) is 3.20. The summed E-state index contributed by atoms with van der Waals surface area (Å²) in [5.41, 5.74) is 0.673. The van der Waals surface area contributed by atoms with Crippen LogP contribution in [0, 0.1) is 5.82 Å². The maximum atomic E-state index is 13.2. The van der Waals surface area contributed by atoms with Gasteiger partial charge in [-0.25, -0.2) is 4.39 Å². The first-order valence-electron chi connectivity index (χ1n) is 5.89. The quantitative estimate of drug-likeness (QED) is 0.827. The zero-order valence-corrected chi connectivity index (χ0v) is 11.0. The minimum absolute atomic E-state index is 0.0784. The molecule has 0 bridgehead atoms. The molecule has 0 aromatic heterocycles. The van der Waals surface area contributed by atoms with Crippen molar-refractivity contribution >= 4 is 0 Å². The van der Waals surface area contributed by atoms with E-state index in [4.69, 9.17) is 4.74 Å². The molecule has 0 aliphatic heterocycles. The Morgan fingerprint density at radius 1 is 1.26 bits per heavy atom. The molecule has 1 aromatic carbocycles. The first-order valence-corrected chi connectivity index (χ1v) is 5.89. The summed E-state index contributed by atoms with van der Waals surface area (Å²) in [7, 11) is 1.34. The van der Waals surface area contributed by atoms with Crippen molar-refractivity contribution in [2.75, 3.05) is 7.11 Å². The maximum absolute atomic E-state index is 13.2. The van der Waals surface area contributed by atoms with Gasteiger partial charge in [0, 0.05) is 12.1 Å². The van der Waals surface area contributed by atoms with E-state index in [0.29, 0.717) is 5.56 Å². The van der Waals surface area contributed by atoms with E-state index >= 15 is 0 Å². The van der Waals surface area contributed by atoms with Crippen LogP contribution in [0.4, 0.5) is 17.6 Å². The average molecular weight is 279 g/mol. The van der Waals surface area contributed by atoms with Gasteiger partial charge in [-0.1, -0.05) is 6.07 Å². The maximum Gasteiger partial charge on any atom is 0.390 e. The van der Waals surface area contributed by atoms with Gasteiger partial charge in [-0.2, -0.15) is 13.2 Å². The predicted octanol–water partition coefficient (Wildman–Crippen LogP) is 3.83. The van der Waals surface area contributed by atoms with Gasteiger partial charge in [-0.15, -0.1) is 0 Å². The average Bonchev–Trinajstić information content (AvgIpc) is 2.26.